The van der Waals surface area contributed by atoms with Gasteiger partial charge in [-0.1, -0.05) is 12.1 Å². The van der Waals surface area contributed by atoms with Gasteiger partial charge in [-0.3, -0.25) is 4.79 Å². The van der Waals surface area contributed by atoms with Crippen molar-refractivity contribution >= 4 is 22.1 Å². The van der Waals surface area contributed by atoms with E-state index in [0.717, 1.165) is 12.1 Å². The van der Waals surface area contributed by atoms with Crippen LogP contribution >= 0.6 is 0 Å². The normalized spacial score (nSPS) is 11.1. The van der Waals surface area contributed by atoms with Crippen LogP contribution in [0.5, 0.6) is 0 Å². The predicted octanol–water partition coefficient (Wildman–Crippen LogP) is 3.76. The van der Waals surface area contributed by atoms with Crippen LogP contribution in [0.4, 0.5) is 24.5 Å². The molecule has 0 aliphatic heterocycles. The second kappa shape index (κ2) is 6.97. The van der Waals surface area contributed by atoms with Gasteiger partial charge in [-0.05, 0) is 47.5 Å². The Morgan fingerprint density at radius 1 is 0.828 bits per heavy atom. The molecule has 0 saturated heterocycles. The van der Waals surface area contributed by atoms with E-state index in [1.807, 2.05) is 0 Å². The summed E-state index contributed by atoms with van der Waals surface area (Å²) in [5.41, 5.74) is 13.5. The molecule has 0 unspecified atom stereocenters. The number of rotatable bonds is 3. The molecule has 0 fully saturated rings. The van der Waals surface area contributed by atoms with E-state index in [2.05, 4.69) is 10.2 Å². The summed E-state index contributed by atoms with van der Waals surface area (Å²) in [6, 6.07) is 11.0. The second-order valence-electron chi connectivity index (χ2n) is 6.65. The maximum atomic E-state index is 14.4. The van der Waals surface area contributed by atoms with E-state index in [-0.39, 0.29) is 17.2 Å². The highest BCUT2D eigenvalue weighted by atomic mass is 19.2. The summed E-state index contributed by atoms with van der Waals surface area (Å²) in [4.78, 5) is 11.9. The molecule has 4 aromatic rings. The molecule has 0 aliphatic rings. The number of aromatic amines is 1. The molecule has 0 saturated carbocycles. The lowest BCUT2D eigenvalue weighted by Gasteiger charge is -2.10. The summed E-state index contributed by atoms with van der Waals surface area (Å²) in [5, 5.41) is 6.43. The third-order valence-corrected chi connectivity index (χ3v) is 4.71. The van der Waals surface area contributed by atoms with Crippen LogP contribution in [0.2, 0.25) is 0 Å². The first-order valence-corrected chi connectivity index (χ1v) is 8.63. The number of aromatic nitrogens is 2. The van der Waals surface area contributed by atoms with Gasteiger partial charge >= 0.3 is 0 Å². The Morgan fingerprint density at radius 3 is 2.28 bits per heavy atom. The van der Waals surface area contributed by atoms with Crippen molar-refractivity contribution in [2.24, 2.45) is 0 Å². The quantitative estimate of drug-likeness (QED) is 0.459. The van der Waals surface area contributed by atoms with Crippen molar-refractivity contribution in [1.29, 1.82) is 0 Å². The van der Waals surface area contributed by atoms with Gasteiger partial charge in [0.2, 0.25) is 0 Å². The van der Waals surface area contributed by atoms with E-state index >= 15 is 0 Å². The van der Waals surface area contributed by atoms with Crippen LogP contribution in [0.1, 0.15) is 11.3 Å². The molecule has 0 aliphatic carbocycles. The summed E-state index contributed by atoms with van der Waals surface area (Å²) in [5.74, 6) is -2.65. The molecule has 0 spiro atoms. The lowest BCUT2D eigenvalue weighted by atomic mass is 9.98. The summed E-state index contributed by atoms with van der Waals surface area (Å²) in [6.07, 6.45) is 0.163. The number of nitrogen functional groups attached to an aromatic ring is 2. The molecule has 4 rings (SSSR count). The third-order valence-electron chi connectivity index (χ3n) is 4.71. The third kappa shape index (κ3) is 3.40. The molecule has 0 bridgehead atoms. The first kappa shape index (κ1) is 18.5. The van der Waals surface area contributed by atoms with Gasteiger partial charge in [0.1, 0.15) is 5.82 Å². The average molecular weight is 396 g/mol. The first-order chi connectivity index (χ1) is 13.8. The average Bonchev–Trinajstić information content (AvgIpc) is 2.69. The fraction of sp³-hybridized carbons (Fsp3) is 0.0476. The van der Waals surface area contributed by atoms with Crippen LogP contribution in [0, 0.1) is 17.5 Å². The molecule has 146 valence electrons. The van der Waals surface area contributed by atoms with Crippen LogP contribution in [0.15, 0.2) is 53.3 Å². The maximum absolute atomic E-state index is 14.4. The molecule has 0 atom stereocenters. The van der Waals surface area contributed by atoms with Crippen LogP contribution in [-0.4, -0.2) is 10.2 Å². The first-order valence-electron chi connectivity index (χ1n) is 8.63. The number of anilines is 2. The van der Waals surface area contributed by atoms with E-state index in [9.17, 15) is 18.0 Å². The van der Waals surface area contributed by atoms with Gasteiger partial charge in [0.25, 0.3) is 5.56 Å². The predicted molar refractivity (Wildman–Crippen MR) is 106 cm³/mol. The van der Waals surface area contributed by atoms with Gasteiger partial charge in [-0.2, -0.15) is 5.10 Å². The summed E-state index contributed by atoms with van der Waals surface area (Å²) in [6.45, 7) is 0. The van der Waals surface area contributed by atoms with Crippen molar-refractivity contribution < 1.29 is 13.2 Å². The highest BCUT2D eigenvalue weighted by Crippen LogP contribution is 2.29. The Bertz CT molecular complexity index is 1320. The maximum Gasteiger partial charge on any atom is 0.272 e. The SMILES string of the molecule is Nc1ccc(-c2cc(Cc3n[nH]c(=O)c4cc(F)c(F)cc34)ccc2F)cc1N. The summed E-state index contributed by atoms with van der Waals surface area (Å²) in [7, 11) is 0. The fourth-order valence-electron chi connectivity index (χ4n) is 3.19. The van der Waals surface area contributed by atoms with Crippen molar-refractivity contribution in [1.82, 2.24) is 10.2 Å². The van der Waals surface area contributed by atoms with Crippen molar-refractivity contribution in [3.8, 4) is 11.1 Å². The van der Waals surface area contributed by atoms with Gasteiger partial charge in [0.15, 0.2) is 11.6 Å². The lowest BCUT2D eigenvalue weighted by molar-refractivity contribution is 0.510. The van der Waals surface area contributed by atoms with E-state index < -0.39 is 23.0 Å². The molecule has 3 aromatic carbocycles. The zero-order chi connectivity index (χ0) is 20.7. The van der Waals surface area contributed by atoms with E-state index in [0.29, 0.717) is 33.8 Å². The summed E-state index contributed by atoms with van der Waals surface area (Å²) >= 11 is 0. The Kier molecular flexibility index (Phi) is 4.46. The van der Waals surface area contributed by atoms with Crippen molar-refractivity contribution in [3.05, 3.63) is 87.6 Å². The second-order valence-corrected chi connectivity index (χ2v) is 6.65. The highest BCUT2D eigenvalue weighted by molar-refractivity contribution is 5.84. The van der Waals surface area contributed by atoms with Crippen LogP contribution < -0.4 is 17.0 Å². The fourth-order valence-corrected chi connectivity index (χ4v) is 3.19. The molecule has 5 N–H and O–H groups in total. The van der Waals surface area contributed by atoms with Gasteiger partial charge in [-0.25, -0.2) is 18.3 Å². The van der Waals surface area contributed by atoms with Crippen molar-refractivity contribution in [2.45, 2.75) is 6.42 Å². The Balaban J connectivity index is 1.80. The molecule has 5 nitrogen and oxygen atoms in total. The number of hydrogen-bond donors (Lipinski definition) is 3. The largest absolute Gasteiger partial charge is 0.397 e. The number of halogens is 3. The number of nitrogens with two attached hydrogens (primary N) is 2. The highest BCUT2D eigenvalue weighted by Gasteiger charge is 2.14. The zero-order valence-corrected chi connectivity index (χ0v) is 15.0. The smallest absolute Gasteiger partial charge is 0.272 e. The van der Waals surface area contributed by atoms with E-state index in [1.54, 1.807) is 30.3 Å². The minimum absolute atomic E-state index is 0.0115. The van der Waals surface area contributed by atoms with Crippen molar-refractivity contribution in [3.63, 3.8) is 0 Å². The lowest BCUT2D eigenvalue weighted by Crippen LogP contribution is -2.12. The monoisotopic (exact) mass is 396 g/mol. The van der Waals surface area contributed by atoms with Gasteiger partial charge in [0.05, 0.1) is 22.5 Å². The van der Waals surface area contributed by atoms with Crippen LogP contribution in [0.25, 0.3) is 21.9 Å². The Labute approximate surface area is 162 Å². The molecular weight excluding hydrogens is 381 g/mol. The minimum atomic E-state index is -1.12. The molecule has 1 heterocycles. The number of benzene rings is 3. The minimum Gasteiger partial charge on any atom is -0.397 e. The molecular formula is C21H15F3N4O. The number of fused-ring (bicyclic) bond motifs is 1. The Morgan fingerprint density at radius 2 is 1.55 bits per heavy atom. The summed E-state index contributed by atoms with van der Waals surface area (Å²) < 4.78 is 41.6. The van der Waals surface area contributed by atoms with Crippen molar-refractivity contribution in [2.75, 3.05) is 11.5 Å². The molecule has 1 aromatic heterocycles. The molecule has 29 heavy (non-hydrogen) atoms. The molecule has 8 heteroatoms. The Hall–Kier alpha value is -3.81. The molecule has 0 radical (unpaired) electrons. The number of hydrogen-bond acceptors (Lipinski definition) is 4. The van der Waals surface area contributed by atoms with Crippen LogP contribution in [0.3, 0.4) is 0 Å². The van der Waals surface area contributed by atoms with Gasteiger partial charge in [-0.15, -0.1) is 0 Å². The number of nitrogens with zero attached hydrogens (tertiary/aromatic N) is 1. The van der Waals surface area contributed by atoms with Crippen LogP contribution in [-0.2, 0) is 6.42 Å². The standard InChI is InChI=1S/C21H15F3N4O/c22-15-3-1-10(5-12(15)11-2-4-18(25)19(26)7-11)6-20-13-8-16(23)17(24)9-14(13)21(29)28-27-20/h1-5,7-9H,6,25-26H2,(H,28,29). The topological polar surface area (TPSA) is 97.8 Å². The van der Waals surface area contributed by atoms with E-state index in [4.69, 9.17) is 11.5 Å². The number of H-pyrrole nitrogens is 1. The van der Waals surface area contributed by atoms with E-state index in [1.165, 1.54) is 6.07 Å². The van der Waals surface area contributed by atoms with Gasteiger partial charge < -0.3 is 11.5 Å². The number of nitrogens with one attached hydrogen (secondary N) is 1. The molecule has 0 amide bonds. The van der Waals surface area contributed by atoms with Gasteiger partial charge in [0, 0.05) is 17.4 Å². The zero-order valence-electron chi connectivity index (χ0n) is 15.0.